The molecule has 0 saturated carbocycles. The number of aromatic nitrogens is 2. The van der Waals surface area contributed by atoms with Crippen molar-refractivity contribution >= 4 is 39.4 Å². The lowest BCUT2D eigenvalue weighted by Gasteiger charge is -2.15. The Morgan fingerprint density at radius 2 is 2.17 bits per heavy atom. The fraction of sp³-hybridized carbons (Fsp3) is 0.167. The first kappa shape index (κ1) is 11.8. The lowest BCUT2D eigenvalue weighted by atomic mass is 10.1. The number of carbonyl (C=O) groups excluding carboxylic acids is 1. The van der Waals surface area contributed by atoms with Gasteiger partial charge in [-0.2, -0.15) is 5.10 Å². The highest BCUT2D eigenvalue weighted by molar-refractivity contribution is 9.10. The van der Waals surface area contributed by atoms with Crippen LogP contribution in [0.4, 0.5) is 5.82 Å². The zero-order valence-corrected chi connectivity index (χ0v) is 11.7. The summed E-state index contributed by atoms with van der Waals surface area (Å²) in [6.45, 7) is 0. The molecule has 3 rings (SSSR count). The van der Waals surface area contributed by atoms with E-state index in [0.717, 1.165) is 15.6 Å². The second-order valence-corrected chi connectivity index (χ2v) is 5.91. The molecule has 1 aliphatic heterocycles. The quantitative estimate of drug-likeness (QED) is 0.848. The molecule has 0 spiro atoms. The zero-order chi connectivity index (χ0) is 12.5. The Hall–Kier alpha value is -1.27. The van der Waals surface area contributed by atoms with Gasteiger partial charge in [-0.15, -0.1) is 11.8 Å². The molecule has 2 heterocycles. The molecule has 0 fully saturated rings. The summed E-state index contributed by atoms with van der Waals surface area (Å²) in [5.74, 6) is 1.14. The van der Waals surface area contributed by atoms with Crippen molar-refractivity contribution in [3.63, 3.8) is 0 Å². The highest BCUT2D eigenvalue weighted by atomic mass is 79.9. The minimum atomic E-state index is 0.0000496. The van der Waals surface area contributed by atoms with E-state index in [2.05, 4.69) is 37.5 Å². The maximum Gasteiger partial charge on any atom is 0.235 e. The number of amides is 1. The van der Waals surface area contributed by atoms with E-state index >= 15 is 0 Å². The highest BCUT2D eigenvalue weighted by Gasteiger charge is 2.26. The fourth-order valence-electron chi connectivity index (χ4n) is 1.96. The molecule has 1 amide bonds. The molecule has 2 N–H and O–H groups in total. The van der Waals surface area contributed by atoms with Crippen molar-refractivity contribution < 1.29 is 4.79 Å². The molecular formula is C12H10BrN3OS. The highest BCUT2D eigenvalue weighted by Crippen LogP contribution is 2.42. The number of aromatic amines is 1. The topological polar surface area (TPSA) is 57.8 Å². The van der Waals surface area contributed by atoms with Gasteiger partial charge in [0.15, 0.2) is 0 Å². The number of nitrogens with zero attached hydrogens (tertiary/aromatic N) is 1. The summed E-state index contributed by atoms with van der Waals surface area (Å²) in [5.41, 5.74) is 2.17. The molecule has 0 saturated heterocycles. The monoisotopic (exact) mass is 323 g/mol. The molecule has 1 aromatic heterocycles. The molecule has 92 valence electrons. The van der Waals surface area contributed by atoms with E-state index in [0.29, 0.717) is 11.6 Å². The van der Waals surface area contributed by atoms with Gasteiger partial charge in [-0.3, -0.25) is 9.89 Å². The lowest BCUT2D eigenvalue weighted by molar-refractivity contribution is -0.113. The van der Waals surface area contributed by atoms with Crippen LogP contribution in [0.5, 0.6) is 0 Å². The average molecular weight is 324 g/mol. The van der Waals surface area contributed by atoms with E-state index in [-0.39, 0.29) is 11.2 Å². The van der Waals surface area contributed by atoms with Crippen LogP contribution >= 0.6 is 27.7 Å². The summed E-state index contributed by atoms with van der Waals surface area (Å²) in [4.78, 5) is 11.6. The third kappa shape index (κ3) is 2.06. The minimum Gasteiger partial charge on any atom is -0.310 e. The van der Waals surface area contributed by atoms with Crippen molar-refractivity contribution in [2.45, 2.75) is 5.25 Å². The predicted octanol–water partition coefficient (Wildman–Crippen LogP) is 2.95. The van der Waals surface area contributed by atoms with Crippen LogP contribution in [0.1, 0.15) is 16.4 Å². The molecule has 1 aliphatic rings. The SMILES string of the molecule is O=C1CS[C@H](c2ccccc2Br)c2cn[nH]c2N1. The van der Waals surface area contributed by atoms with Crippen LogP contribution in [0.25, 0.3) is 0 Å². The van der Waals surface area contributed by atoms with Crippen molar-refractivity contribution in [3.8, 4) is 0 Å². The Labute approximate surface area is 117 Å². The molecule has 2 aromatic rings. The van der Waals surface area contributed by atoms with Gasteiger partial charge < -0.3 is 5.32 Å². The van der Waals surface area contributed by atoms with E-state index in [1.807, 2.05) is 18.2 Å². The summed E-state index contributed by atoms with van der Waals surface area (Å²) < 4.78 is 1.05. The van der Waals surface area contributed by atoms with Crippen molar-refractivity contribution in [3.05, 3.63) is 46.1 Å². The van der Waals surface area contributed by atoms with E-state index < -0.39 is 0 Å². The number of fused-ring (bicyclic) bond motifs is 1. The molecule has 1 aromatic carbocycles. The van der Waals surface area contributed by atoms with Gasteiger partial charge >= 0.3 is 0 Å². The first-order valence-electron chi connectivity index (χ1n) is 5.45. The summed E-state index contributed by atoms with van der Waals surface area (Å²) >= 11 is 5.17. The first-order chi connectivity index (χ1) is 8.75. The van der Waals surface area contributed by atoms with Crippen molar-refractivity contribution in [2.75, 3.05) is 11.1 Å². The number of benzene rings is 1. The van der Waals surface area contributed by atoms with Gasteiger partial charge in [0.1, 0.15) is 5.82 Å². The largest absolute Gasteiger partial charge is 0.310 e. The van der Waals surface area contributed by atoms with Crippen LogP contribution in [0.3, 0.4) is 0 Å². The van der Waals surface area contributed by atoms with E-state index in [1.165, 1.54) is 0 Å². The fourth-order valence-corrected chi connectivity index (χ4v) is 3.76. The molecule has 18 heavy (non-hydrogen) atoms. The van der Waals surface area contributed by atoms with Crippen molar-refractivity contribution in [1.82, 2.24) is 10.2 Å². The summed E-state index contributed by atoms with van der Waals surface area (Å²) in [6, 6.07) is 8.05. The van der Waals surface area contributed by atoms with Gasteiger partial charge in [0.25, 0.3) is 0 Å². The maximum atomic E-state index is 11.6. The minimum absolute atomic E-state index is 0.0000496. The van der Waals surface area contributed by atoms with Gasteiger partial charge in [-0.05, 0) is 11.6 Å². The van der Waals surface area contributed by atoms with Crippen LogP contribution in [-0.4, -0.2) is 21.9 Å². The lowest BCUT2D eigenvalue weighted by Crippen LogP contribution is -2.12. The van der Waals surface area contributed by atoms with E-state index in [4.69, 9.17) is 0 Å². The van der Waals surface area contributed by atoms with Gasteiger partial charge in [-0.25, -0.2) is 0 Å². The Balaban J connectivity index is 2.08. The number of H-pyrrole nitrogens is 1. The normalized spacial score (nSPS) is 18.9. The predicted molar refractivity (Wildman–Crippen MR) is 75.7 cm³/mol. The first-order valence-corrected chi connectivity index (χ1v) is 7.29. The Bertz CT molecular complexity index is 599. The maximum absolute atomic E-state index is 11.6. The third-order valence-electron chi connectivity index (χ3n) is 2.78. The third-order valence-corrected chi connectivity index (χ3v) is 4.78. The van der Waals surface area contributed by atoms with Crippen LogP contribution in [0.15, 0.2) is 34.9 Å². The molecule has 6 heteroatoms. The number of anilines is 1. The number of nitrogens with one attached hydrogen (secondary N) is 2. The summed E-state index contributed by atoms with van der Waals surface area (Å²) in [5, 5.41) is 9.79. The summed E-state index contributed by atoms with van der Waals surface area (Å²) in [7, 11) is 0. The van der Waals surface area contributed by atoms with Crippen molar-refractivity contribution in [1.29, 1.82) is 0 Å². The van der Waals surface area contributed by atoms with Crippen LogP contribution < -0.4 is 5.32 Å². The standard InChI is InChI=1S/C12H10BrN3OS/c13-9-4-2-1-3-7(9)11-8-5-14-16-12(8)15-10(17)6-18-11/h1-5,11H,6H2,(H2,14,15,16,17)/t11-/m1/s1. The van der Waals surface area contributed by atoms with Crippen molar-refractivity contribution in [2.24, 2.45) is 0 Å². The molecular weight excluding hydrogens is 314 g/mol. The number of hydrogen-bond donors (Lipinski definition) is 2. The summed E-state index contributed by atoms with van der Waals surface area (Å²) in [6.07, 6.45) is 1.78. The van der Waals surface area contributed by atoms with Gasteiger partial charge in [0.2, 0.25) is 5.91 Å². The second-order valence-electron chi connectivity index (χ2n) is 3.96. The van der Waals surface area contributed by atoms with Crippen LogP contribution in [-0.2, 0) is 4.79 Å². The molecule has 0 radical (unpaired) electrons. The number of rotatable bonds is 1. The Morgan fingerprint density at radius 1 is 1.33 bits per heavy atom. The smallest absolute Gasteiger partial charge is 0.235 e. The molecule has 0 aliphatic carbocycles. The molecule has 0 bridgehead atoms. The Kier molecular flexibility index (Phi) is 3.13. The van der Waals surface area contributed by atoms with E-state index in [9.17, 15) is 4.79 Å². The number of carbonyl (C=O) groups is 1. The average Bonchev–Trinajstić information content (AvgIpc) is 2.74. The molecule has 1 atom stereocenters. The van der Waals surface area contributed by atoms with Crippen LogP contribution in [0, 0.1) is 0 Å². The van der Waals surface area contributed by atoms with Gasteiger partial charge in [0.05, 0.1) is 17.2 Å². The molecule has 4 nitrogen and oxygen atoms in total. The number of halogens is 1. The Morgan fingerprint density at radius 3 is 3.00 bits per heavy atom. The number of thioether (sulfide) groups is 1. The van der Waals surface area contributed by atoms with Gasteiger partial charge in [-0.1, -0.05) is 34.1 Å². The van der Waals surface area contributed by atoms with Gasteiger partial charge in [0, 0.05) is 10.0 Å². The molecule has 0 unspecified atom stereocenters. The zero-order valence-electron chi connectivity index (χ0n) is 9.31. The van der Waals surface area contributed by atoms with E-state index in [1.54, 1.807) is 18.0 Å². The second kappa shape index (κ2) is 4.78. The van der Waals surface area contributed by atoms with Crippen LogP contribution in [0.2, 0.25) is 0 Å². The number of hydrogen-bond acceptors (Lipinski definition) is 3.